The molecular formula is C15H25N3O. The molecule has 0 atom stereocenters. The molecule has 0 aliphatic heterocycles. The number of rotatable bonds is 5. The standard InChI is InChI=1S/C15H25N3O/c19-15(13-7-4-2-1-3-5-8-13)18-10-6-9-14-16-11-12-17-14/h11-13H,1-10H2,(H,16,17)(H,18,19). The van der Waals surface area contributed by atoms with E-state index >= 15 is 0 Å². The lowest BCUT2D eigenvalue weighted by molar-refractivity contribution is -0.125. The molecule has 2 rings (SSSR count). The van der Waals surface area contributed by atoms with Crippen molar-refractivity contribution in [3.05, 3.63) is 18.2 Å². The quantitative estimate of drug-likeness (QED) is 0.803. The fourth-order valence-electron chi connectivity index (χ4n) is 2.76. The van der Waals surface area contributed by atoms with Crippen molar-refractivity contribution in [2.45, 2.75) is 57.8 Å². The van der Waals surface area contributed by atoms with Gasteiger partial charge in [-0.1, -0.05) is 32.1 Å². The van der Waals surface area contributed by atoms with Gasteiger partial charge in [-0.05, 0) is 19.3 Å². The molecule has 0 unspecified atom stereocenters. The van der Waals surface area contributed by atoms with E-state index in [9.17, 15) is 4.79 Å². The third-order valence-electron chi connectivity index (χ3n) is 3.92. The SMILES string of the molecule is O=C(NCCCc1ncc[nH]1)C1CCCCCCC1. The molecule has 1 aromatic heterocycles. The molecule has 4 heteroatoms. The summed E-state index contributed by atoms with van der Waals surface area (Å²) in [7, 11) is 0. The molecule has 2 N–H and O–H groups in total. The Kier molecular flexibility index (Phi) is 5.92. The molecule has 106 valence electrons. The second-order valence-corrected chi connectivity index (χ2v) is 5.47. The highest BCUT2D eigenvalue weighted by Gasteiger charge is 2.18. The van der Waals surface area contributed by atoms with E-state index in [2.05, 4.69) is 15.3 Å². The van der Waals surface area contributed by atoms with Gasteiger partial charge in [0.25, 0.3) is 0 Å². The highest BCUT2D eigenvalue weighted by molar-refractivity contribution is 5.78. The lowest BCUT2D eigenvalue weighted by Crippen LogP contribution is -2.32. The van der Waals surface area contributed by atoms with Gasteiger partial charge in [0.05, 0.1) is 0 Å². The predicted molar refractivity (Wildman–Crippen MR) is 75.7 cm³/mol. The molecule has 1 amide bonds. The van der Waals surface area contributed by atoms with E-state index < -0.39 is 0 Å². The Hall–Kier alpha value is -1.32. The van der Waals surface area contributed by atoms with Gasteiger partial charge in [-0.3, -0.25) is 4.79 Å². The second-order valence-electron chi connectivity index (χ2n) is 5.47. The summed E-state index contributed by atoms with van der Waals surface area (Å²) in [5.74, 6) is 1.52. The smallest absolute Gasteiger partial charge is 0.223 e. The number of amides is 1. The van der Waals surface area contributed by atoms with Crippen LogP contribution in [0, 0.1) is 5.92 Å². The fourth-order valence-corrected chi connectivity index (χ4v) is 2.76. The minimum absolute atomic E-state index is 0.254. The lowest BCUT2D eigenvalue weighted by atomic mass is 9.90. The predicted octanol–water partition coefficient (Wildman–Crippen LogP) is 2.82. The van der Waals surface area contributed by atoms with Crippen molar-refractivity contribution < 1.29 is 4.79 Å². The molecule has 1 fully saturated rings. The van der Waals surface area contributed by atoms with Crippen molar-refractivity contribution in [2.75, 3.05) is 6.54 Å². The first-order valence-electron chi connectivity index (χ1n) is 7.62. The van der Waals surface area contributed by atoms with Crippen LogP contribution < -0.4 is 5.32 Å². The van der Waals surface area contributed by atoms with Gasteiger partial charge in [0.15, 0.2) is 0 Å². The molecule has 0 spiro atoms. The topological polar surface area (TPSA) is 57.8 Å². The van der Waals surface area contributed by atoms with Crippen molar-refractivity contribution in [1.29, 1.82) is 0 Å². The second kappa shape index (κ2) is 7.97. The molecule has 1 aliphatic rings. The van der Waals surface area contributed by atoms with Crippen molar-refractivity contribution in [1.82, 2.24) is 15.3 Å². The van der Waals surface area contributed by atoms with Gasteiger partial charge in [-0.2, -0.15) is 0 Å². The van der Waals surface area contributed by atoms with E-state index in [-0.39, 0.29) is 11.8 Å². The maximum absolute atomic E-state index is 12.1. The van der Waals surface area contributed by atoms with Crippen molar-refractivity contribution in [3.8, 4) is 0 Å². The van der Waals surface area contributed by atoms with Gasteiger partial charge in [-0.25, -0.2) is 4.98 Å². The maximum Gasteiger partial charge on any atom is 0.223 e. The van der Waals surface area contributed by atoms with E-state index in [1.807, 2.05) is 6.20 Å². The number of aromatic nitrogens is 2. The molecule has 1 heterocycles. The average molecular weight is 263 g/mol. The van der Waals surface area contributed by atoms with Crippen LogP contribution in [0.5, 0.6) is 0 Å². The van der Waals surface area contributed by atoms with Gasteiger partial charge in [-0.15, -0.1) is 0 Å². The van der Waals surface area contributed by atoms with Crippen molar-refractivity contribution >= 4 is 5.91 Å². The van der Waals surface area contributed by atoms with Crippen LogP contribution in [0.2, 0.25) is 0 Å². The number of H-pyrrole nitrogens is 1. The van der Waals surface area contributed by atoms with Crippen LogP contribution in [0.15, 0.2) is 12.4 Å². The van der Waals surface area contributed by atoms with E-state index in [4.69, 9.17) is 0 Å². The zero-order chi connectivity index (χ0) is 13.3. The Morgan fingerprint density at radius 1 is 1.26 bits per heavy atom. The van der Waals surface area contributed by atoms with Gasteiger partial charge < -0.3 is 10.3 Å². The number of aryl methyl sites for hydroxylation is 1. The van der Waals surface area contributed by atoms with E-state index in [0.29, 0.717) is 0 Å². The van der Waals surface area contributed by atoms with Gasteiger partial charge in [0, 0.05) is 31.3 Å². The minimum Gasteiger partial charge on any atom is -0.356 e. The van der Waals surface area contributed by atoms with Crippen LogP contribution in [0.4, 0.5) is 0 Å². The van der Waals surface area contributed by atoms with Crippen LogP contribution in [0.1, 0.15) is 57.2 Å². The largest absolute Gasteiger partial charge is 0.356 e. The summed E-state index contributed by atoms with van der Waals surface area (Å²) in [4.78, 5) is 19.3. The van der Waals surface area contributed by atoms with Crippen LogP contribution in [-0.4, -0.2) is 22.4 Å². The highest BCUT2D eigenvalue weighted by atomic mass is 16.1. The normalized spacial score (nSPS) is 17.7. The van der Waals surface area contributed by atoms with Crippen molar-refractivity contribution in [2.24, 2.45) is 5.92 Å². The number of carbonyl (C=O) groups is 1. The number of hydrogen-bond donors (Lipinski definition) is 2. The molecule has 19 heavy (non-hydrogen) atoms. The molecule has 0 radical (unpaired) electrons. The summed E-state index contributed by atoms with van der Waals surface area (Å²) in [5.41, 5.74) is 0. The molecular weight excluding hydrogens is 238 g/mol. The van der Waals surface area contributed by atoms with Gasteiger partial charge >= 0.3 is 0 Å². The first-order valence-corrected chi connectivity index (χ1v) is 7.62. The number of imidazole rings is 1. The van der Waals surface area contributed by atoms with Gasteiger partial charge in [0.1, 0.15) is 5.82 Å². The van der Waals surface area contributed by atoms with Gasteiger partial charge in [0.2, 0.25) is 5.91 Å². The van der Waals surface area contributed by atoms with Crippen LogP contribution in [0.25, 0.3) is 0 Å². The Morgan fingerprint density at radius 2 is 2.00 bits per heavy atom. The maximum atomic E-state index is 12.1. The Balaban J connectivity index is 1.62. The summed E-state index contributed by atoms with van der Waals surface area (Å²) < 4.78 is 0. The molecule has 1 aliphatic carbocycles. The molecule has 1 saturated carbocycles. The summed E-state index contributed by atoms with van der Waals surface area (Å²) >= 11 is 0. The number of carbonyl (C=O) groups excluding carboxylic acids is 1. The molecule has 0 aromatic carbocycles. The summed E-state index contributed by atoms with van der Waals surface area (Å²) in [6.45, 7) is 0.760. The third kappa shape index (κ3) is 5.05. The third-order valence-corrected chi connectivity index (χ3v) is 3.92. The summed E-state index contributed by atoms with van der Waals surface area (Å²) in [6.07, 6.45) is 14.0. The zero-order valence-corrected chi connectivity index (χ0v) is 11.7. The minimum atomic E-state index is 0.254. The molecule has 0 saturated heterocycles. The first-order chi connectivity index (χ1) is 9.36. The summed E-state index contributed by atoms with van der Waals surface area (Å²) in [6, 6.07) is 0. The molecule has 4 nitrogen and oxygen atoms in total. The van der Waals surface area contributed by atoms with Crippen LogP contribution in [0.3, 0.4) is 0 Å². The van der Waals surface area contributed by atoms with Crippen molar-refractivity contribution in [3.63, 3.8) is 0 Å². The van der Waals surface area contributed by atoms with E-state index in [0.717, 1.165) is 38.1 Å². The molecule has 0 bridgehead atoms. The first kappa shape index (κ1) is 14.1. The lowest BCUT2D eigenvalue weighted by Gasteiger charge is -2.19. The van der Waals surface area contributed by atoms with E-state index in [1.165, 1.54) is 32.1 Å². The monoisotopic (exact) mass is 263 g/mol. The van der Waals surface area contributed by atoms with E-state index in [1.54, 1.807) is 6.20 Å². The number of aromatic amines is 1. The number of hydrogen-bond acceptors (Lipinski definition) is 2. The van der Waals surface area contributed by atoms with Crippen LogP contribution in [-0.2, 0) is 11.2 Å². The summed E-state index contributed by atoms with van der Waals surface area (Å²) in [5, 5.41) is 3.08. The number of nitrogens with zero attached hydrogens (tertiary/aromatic N) is 1. The Labute approximate surface area is 115 Å². The fraction of sp³-hybridized carbons (Fsp3) is 0.733. The molecule has 1 aromatic rings. The zero-order valence-electron chi connectivity index (χ0n) is 11.7. The average Bonchev–Trinajstić information content (AvgIpc) is 2.87. The van der Waals surface area contributed by atoms with Crippen LogP contribution >= 0.6 is 0 Å². The Morgan fingerprint density at radius 3 is 2.68 bits per heavy atom. The number of nitrogens with one attached hydrogen (secondary N) is 2. The highest BCUT2D eigenvalue weighted by Crippen LogP contribution is 2.22. The Bertz CT molecular complexity index is 353.